The van der Waals surface area contributed by atoms with Crippen LogP contribution in [0.5, 0.6) is 0 Å². The minimum Gasteiger partial charge on any atom is -0.378 e. The Balaban J connectivity index is 1.56. The number of anilines is 3. The van der Waals surface area contributed by atoms with Crippen LogP contribution in [0.3, 0.4) is 0 Å². The zero-order chi connectivity index (χ0) is 26.9. The van der Waals surface area contributed by atoms with Crippen molar-refractivity contribution in [2.75, 3.05) is 10.2 Å². The van der Waals surface area contributed by atoms with Crippen molar-refractivity contribution < 1.29 is 0 Å². The highest BCUT2D eigenvalue weighted by molar-refractivity contribution is 5.82. The molecule has 0 bridgehead atoms. The highest BCUT2D eigenvalue weighted by atomic mass is 15.2. The summed E-state index contributed by atoms with van der Waals surface area (Å²) in [5, 5.41) is 3.91. The number of hydrogen-bond acceptors (Lipinski definition) is 2. The van der Waals surface area contributed by atoms with Crippen molar-refractivity contribution in [3.8, 4) is 0 Å². The minimum absolute atomic E-state index is 0.116. The lowest BCUT2D eigenvalue weighted by atomic mass is 9.80. The molecule has 0 aromatic heterocycles. The first kappa shape index (κ1) is 25.5. The van der Waals surface area contributed by atoms with Crippen LogP contribution < -0.4 is 10.2 Å². The Kier molecular flexibility index (Phi) is 7.04. The molecule has 0 saturated heterocycles. The Labute approximate surface area is 234 Å². The first-order valence-electron chi connectivity index (χ1n) is 14.7. The molecule has 0 saturated carbocycles. The third kappa shape index (κ3) is 4.78. The van der Waals surface area contributed by atoms with Gasteiger partial charge >= 0.3 is 0 Å². The van der Waals surface area contributed by atoms with E-state index in [1.165, 1.54) is 56.9 Å². The quantitative estimate of drug-likeness (QED) is 0.276. The Morgan fingerprint density at radius 1 is 0.744 bits per heavy atom. The molecule has 1 aliphatic carbocycles. The van der Waals surface area contributed by atoms with Crippen LogP contribution in [0.2, 0.25) is 0 Å². The topological polar surface area (TPSA) is 15.3 Å². The SMILES string of the molecule is CC(C)c1cccc(C(C)C)c1N1c2ccccc2C=CC1c1cccc2c1C(Nc1ccccc1)CCC2. The predicted molar refractivity (Wildman–Crippen MR) is 167 cm³/mol. The summed E-state index contributed by atoms with van der Waals surface area (Å²) in [6, 6.07) is 34.0. The van der Waals surface area contributed by atoms with Gasteiger partial charge < -0.3 is 10.2 Å². The summed E-state index contributed by atoms with van der Waals surface area (Å²) in [7, 11) is 0. The number of fused-ring (bicyclic) bond motifs is 2. The molecule has 2 unspecified atom stereocenters. The summed E-state index contributed by atoms with van der Waals surface area (Å²) in [4.78, 5) is 2.66. The first-order chi connectivity index (χ1) is 19.0. The Bertz CT molecular complexity index is 1450. The Morgan fingerprint density at radius 3 is 2.18 bits per heavy atom. The van der Waals surface area contributed by atoms with Crippen molar-refractivity contribution in [3.63, 3.8) is 0 Å². The second kappa shape index (κ2) is 10.8. The maximum atomic E-state index is 3.91. The van der Waals surface area contributed by atoms with Gasteiger partial charge in [0.1, 0.15) is 0 Å². The third-order valence-electron chi connectivity index (χ3n) is 8.47. The fourth-order valence-corrected chi connectivity index (χ4v) is 6.63. The maximum Gasteiger partial charge on any atom is 0.0782 e. The van der Waals surface area contributed by atoms with E-state index in [2.05, 4.69) is 141 Å². The molecule has 2 aliphatic rings. The van der Waals surface area contributed by atoms with Crippen LogP contribution in [-0.2, 0) is 6.42 Å². The summed E-state index contributed by atoms with van der Waals surface area (Å²) in [6.45, 7) is 9.31. The number of benzene rings is 4. The average Bonchev–Trinajstić information content (AvgIpc) is 2.96. The van der Waals surface area contributed by atoms with Crippen molar-refractivity contribution in [3.05, 3.63) is 130 Å². The Hall–Kier alpha value is -3.78. The van der Waals surface area contributed by atoms with E-state index in [0.29, 0.717) is 17.9 Å². The van der Waals surface area contributed by atoms with Crippen LogP contribution in [0, 0.1) is 0 Å². The van der Waals surface area contributed by atoms with Crippen LogP contribution in [-0.4, -0.2) is 0 Å². The van der Waals surface area contributed by atoms with Crippen molar-refractivity contribution in [2.45, 2.75) is 70.9 Å². The fourth-order valence-electron chi connectivity index (χ4n) is 6.63. The van der Waals surface area contributed by atoms with Gasteiger partial charge in [0.2, 0.25) is 0 Å². The first-order valence-corrected chi connectivity index (χ1v) is 14.7. The van der Waals surface area contributed by atoms with Crippen LogP contribution in [0.15, 0.2) is 97.1 Å². The predicted octanol–water partition coefficient (Wildman–Crippen LogP) is 10.3. The standard InChI is InChI=1S/C37H40N2/c1-25(2)30-18-12-19-31(26(3)4)37(30)39-34-22-9-8-13-27(34)23-24-35(39)32-20-10-14-28-15-11-21-33(36(28)32)38-29-16-6-5-7-17-29/h5-10,12-14,16-20,22-26,33,35,38H,11,15,21H2,1-4H3. The molecule has 4 aromatic rings. The molecular weight excluding hydrogens is 472 g/mol. The van der Waals surface area contributed by atoms with Crippen molar-refractivity contribution in [2.24, 2.45) is 0 Å². The maximum absolute atomic E-state index is 3.91. The second-order valence-corrected chi connectivity index (χ2v) is 11.7. The molecule has 6 rings (SSSR count). The number of nitrogens with one attached hydrogen (secondary N) is 1. The summed E-state index contributed by atoms with van der Waals surface area (Å²) < 4.78 is 0. The van der Waals surface area contributed by atoms with Gasteiger partial charge in [0.05, 0.1) is 12.1 Å². The summed E-state index contributed by atoms with van der Waals surface area (Å²) in [6.07, 6.45) is 8.27. The largest absolute Gasteiger partial charge is 0.378 e. The van der Waals surface area contributed by atoms with E-state index in [0.717, 1.165) is 12.8 Å². The minimum atomic E-state index is 0.116. The van der Waals surface area contributed by atoms with Gasteiger partial charge in [0.25, 0.3) is 0 Å². The van der Waals surface area contributed by atoms with E-state index in [1.807, 2.05) is 0 Å². The molecule has 2 heteroatoms. The lowest BCUT2D eigenvalue weighted by molar-refractivity contribution is 0.590. The zero-order valence-electron chi connectivity index (χ0n) is 23.7. The smallest absolute Gasteiger partial charge is 0.0782 e. The highest BCUT2D eigenvalue weighted by Gasteiger charge is 2.34. The summed E-state index contributed by atoms with van der Waals surface area (Å²) >= 11 is 0. The van der Waals surface area contributed by atoms with E-state index < -0.39 is 0 Å². The van der Waals surface area contributed by atoms with Crippen LogP contribution in [0.25, 0.3) is 6.08 Å². The highest BCUT2D eigenvalue weighted by Crippen LogP contribution is 2.49. The molecule has 2 nitrogen and oxygen atoms in total. The van der Waals surface area contributed by atoms with Gasteiger partial charge in [-0.3, -0.25) is 0 Å². The number of para-hydroxylation sites is 3. The molecule has 0 spiro atoms. The number of hydrogen-bond donors (Lipinski definition) is 1. The van der Waals surface area contributed by atoms with E-state index >= 15 is 0 Å². The van der Waals surface area contributed by atoms with Crippen LogP contribution in [0.1, 0.15) is 97.8 Å². The zero-order valence-corrected chi connectivity index (χ0v) is 23.7. The molecule has 0 fully saturated rings. The van der Waals surface area contributed by atoms with E-state index in [1.54, 1.807) is 0 Å². The average molecular weight is 513 g/mol. The lowest BCUT2D eigenvalue weighted by Gasteiger charge is -2.41. The molecule has 198 valence electrons. The van der Waals surface area contributed by atoms with E-state index in [4.69, 9.17) is 0 Å². The summed E-state index contributed by atoms with van der Waals surface area (Å²) in [5.41, 5.74) is 12.4. The van der Waals surface area contributed by atoms with Gasteiger partial charge in [0, 0.05) is 17.1 Å². The Morgan fingerprint density at radius 2 is 1.44 bits per heavy atom. The normalized spacial score (nSPS) is 18.3. The van der Waals surface area contributed by atoms with Gasteiger partial charge in [0.15, 0.2) is 0 Å². The molecule has 0 amide bonds. The van der Waals surface area contributed by atoms with Gasteiger partial charge in [-0.25, -0.2) is 0 Å². The molecule has 1 N–H and O–H groups in total. The van der Waals surface area contributed by atoms with Crippen LogP contribution >= 0.6 is 0 Å². The van der Waals surface area contributed by atoms with Gasteiger partial charge in [-0.2, -0.15) is 0 Å². The number of rotatable bonds is 6. The number of nitrogens with zero attached hydrogens (tertiary/aromatic N) is 1. The van der Waals surface area contributed by atoms with Gasteiger partial charge in [-0.1, -0.05) is 113 Å². The molecule has 4 aromatic carbocycles. The lowest BCUT2D eigenvalue weighted by Crippen LogP contribution is -2.30. The van der Waals surface area contributed by atoms with E-state index in [9.17, 15) is 0 Å². The molecule has 2 atom stereocenters. The fraction of sp³-hybridized carbons (Fsp3) is 0.297. The molecule has 39 heavy (non-hydrogen) atoms. The molecular formula is C37H40N2. The van der Waals surface area contributed by atoms with Gasteiger partial charge in [-0.05, 0) is 82.7 Å². The van der Waals surface area contributed by atoms with Crippen LogP contribution in [0.4, 0.5) is 17.1 Å². The van der Waals surface area contributed by atoms with Crippen molar-refractivity contribution in [1.82, 2.24) is 0 Å². The molecule has 1 heterocycles. The molecule has 0 radical (unpaired) electrons. The summed E-state index contributed by atoms with van der Waals surface area (Å²) in [5.74, 6) is 0.851. The van der Waals surface area contributed by atoms with Crippen molar-refractivity contribution in [1.29, 1.82) is 0 Å². The third-order valence-corrected chi connectivity index (χ3v) is 8.47. The van der Waals surface area contributed by atoms with Gasteiger partial charge in [-0.15, -0.1) is 0 Å². The second-order valence-electron chi connectivity index (χ2n) is 11.7. The number of aryl methyl sites for hydroxylation is 1. The van der Waals surface area contributed by atoms with Crippen molar-refractivity contribution >= 4 is 23.1 Å². The van der Waals surface area contributed by atoms with E-state index in [-0.39, 0.29) is 6.04 Å². The molecule has 1 aliphatic heterocycles. The monoisotopic (exact) mass is 512 g/mol.